The first kappa shape index (κ1) is 18.7. The van der Waals surface area contributed by atoms with Crippen molar-refractivity contribution in [2.45, 2.75) is 19.9 Å². The number of para-hydroxylation sites is 1. The van der Waals surface area contributed by atoms with E-state index in [2.05, 4.69) is 0 Å². The molecule has 130 valence electrons. The van der Waals surface area contributed by atoms with E-state index < -0.39 is 5.97 Å². The first-order valence-corrected chi connectivity index (χ1v) is 8.32. The summed E-state index contributed by atoms with van der Waals surface area (Å²) in [4.78, 5) is 25.8. The Hall–Kier alpha value is -2.59. The number of benzene rings is 2. The molecule has 0 heterocycles. The second-order valence-electron chi connectivity index (χ2n) is 5.69. The molecule has 0 unspecified atom stereocenters. The fourth-order valence-corrected chi connectivity index (χ4v) is 2.43. The molecule has 0 atom stereocenters. The average molecular weight is 358 g/mol. The summed E-state index contributed by atoms with van der Waals surface area (Å²) in [5.41, 5.74) is 1.59. The molecule has 4 nitrogen and oxygen atoms in total. The number of ether oxygens (including phenoxy) is 1. The van der Waals surface area contributed by atoms with Gasteiger partial charge in [0.05, 0.1) is 0 Å². The van der Waals surface area contributed by atoms with Crippen LogP contribution in [0.15, 0.2) is 60.7 Å². The number of halogens is 1. The third-order valence-corrected chi connectivity index (χ3v) is 3.69. The number of carbonyl (C=O) groups is 2. The van der Waals surface area contributed by atoms with Crippen molar-refractivity contribution < 1.29 is 14.3 Å². The molecular weight excluding hydrogens is 338 g/mol. The van der Waals surface area contributed by atoms with E-state index in [4.69, 9.17) is 16.3 Å². The maximum atomic E-state index is 12.4. The fraction of sp³-hybridized carbons (Fsp3) is 0.200. The molecular formula is C20H20ClNO3. The lowest BCUT2D eigenvalue weighted by atomic mass is 10.2. The Bertz CT molecular complexity index is 739. The van der Waals surface area contributed by atoms with Gasteiger partial charge in [0.25, 0.3) is 5.91 Å². The molecule has 0 spiro atoms. The summed E-state index contributed by atoms with van der Waals surface area (Å²) < 4.78 is 5.06. The van der Waals surface area contributed by atoms with E-state index in [-0.39, 0.29) is 18.6 Å². The molecule has 2 aromatic rings. The van der Waals surface area contributed by atoms with E-state index in [9.17, 15) is 9.59 Å². The van der Waals surface area contributed by atoms with Crippen LogP contribution in [0, 0.1) is 0 Å². The molecule has 0 aromatic heterocycles. The monoisotopic (exact) mass is 357 g/mol. The number of carbonyl (C=O) groups excluding carboxylic acids is 2. The average Bonchev–Trinajstić information content (AvgIpc) is 2.60. The van der Waals surface area contributed by atoms with E-state index in [1.807, 2.05) is 44.2 Å². The molecule has 1 amide bonds. The summed E-state index contributed by atoms with van der Waals surface area (Å²) in [6, 6.07) is 16.3. The van der Waals surface area contributed by atoms with Crippen LogP contribution in [0.2, 0.25) is 5.02 Å². The molecule has 0 saturated heterocycles. The van der Waals surface area contributed by atoms with Crippen LogP contribution in [0.3, 0.4) is 0 Å². The zero-order valence-electron chi connectivity index (χ0n) is 14.2. The minimum absolute atomic E-state index is 0.0433. The van der Waals surface area contributed by atoms with Gasteiger partial charge in [-0.05, 0) is 49.8 Å². The lowest BCUT2D eigenvalue weighted by Crippen LogP contribution is -2.39. The molecule has 0 radical (unpaired) electrons. The maximum absolute atomic E-state index is 12.4. The number of rotatable bonds is 6. The van der Waals surface area contributed by atoms with Gasteiger partial charge in [-0.3, -0.25) is 4.79 Å². The van der Waals surface area contributed by atoms with Crippen molar-refractivity contribution in [2.24, 2.45) is 0 Å². The van der Waals surface area contributed by atoms with Crippen molar-refractivity contribution in [1.29, 1.82) is 0 Å². The number of hydrogen-bond donors (Lipinski definition) is 0. The van der Waals surface area contributed by atoms with E-state index in [1.165, 1.54) is 6.08 Å². The van der Waals surface area contributed by atoms with Gasteiger partial charge in [0.2, 0.25) is 0 Å². The number of hydrogen-bond acceptors (Lipinski definition) is 3. The van der Waals surface area contributed by atoms with Crippen LogP contribution in [0.4, 0.5) is 5.69 Å². The molecule has 0 bridgehead atoms. The van der Waals surface area contributed by atoms with Gasteiger partial charge in [-0.15, -0.1) is 0 Å². The van der Waals surface area contributed by atoms with Crippen LogP contribution in [-0.2, 0) is 14.3 Å². The SMILES string of the molecule is CC(C)N(C(=O)COC(=O)/C=C/c1ccc(Cl)cc1)c1ccccc1. The minimum Gasteiger partial charge on any atom is -0.452 e. The van der Waals surface area contributed by atoms with Crippen molar-refractivity contribution in [2.75, 3.05) is 11.5 Å². The first-order valence-electron chi connectivity index (χ1n) is 7.95. The van der Waals surface area contributed by atoms with Gasteiger partial charge < -0.3 is 9.64 Å². The Morgan fingerprint density at radius 2 is 1.72 bits per heavy atom. The molecule has 5 heteroatoms. The standard InChI is InChI=1S/C20H20ClNO3/c1-15(2)22(18-6-4-3-5-7-18)19(23)14-25-20(24)13-10-16-8-11-17(21)12-9-16/h3-13,15H,14H2,1-2H3/b13-10+. The van der Waals surface area contributed by atoms with Gasteiger partial charge in [-0.1, -0.05) is 41.9 Å². The lowest BCUT2D eigenvalue weighted by Gasteiger charge is -2.26. The van der Waals surface area contributed by atoms with E-state index in [0.717, 1.165) is 11.3 Å². The van der Waals surface area contributed by atoms with E-state index >= 15 is 0 Å². The molecule has 2 aromatic carbocycles. The van der Waals surface area contributed by atoms with Gasteiger partial charge >= 0.3 is 5.97 Å². The summed E-state index contributed by atoms with van der Waals surface area (Å²) in [6.07, 6.45) is 2.90. The molecule has 0 aliphatic heterocycles. The van der Waals surface area contributed by atoms with Crippen LogP contribution < -0.4 is 4.90 Å². The van der Waals surface area contributed by atoms with Crippen molar-refractivity contribution in [1.82, 2.24) is 0 Å². The van der Waals surface area contributed by atoms with Crippen LogP contribution in [0.5, 0.6) is 0 Å². The highest BCUT2D eigenvalue weighted by Gasteiger charge is 2.19. The van der Waals surface area contributed by atoms with Crippen molar-refractivity contribution in [3.8, 4) is 0 Å². The molecule has 0 N–H and O–H groups in total. The van der Waals surface area contributed by atoms with Crippen LogP contribution in [-0.4, -0.2) is 24.5 Å². The molecule has 0 saturated carbocycles. The zero-order valence-corrected chi connectivity index (χ0v) is 14.9. The minimum atomic E-state index is -0.569. The highest BCUT2D eigenvalue weighted by Crippen LogP contribution is 2.16. The molecule has 2 rings (SSSR count). The van der Waals surface area contributed by atoms with Crippen molar-refractivity contribution >= 4 is 35.2 Å². The first-order chi connectivity index (χ1) is 12.0. The third kappa shape index (κ3) is 5.76. The summed E-state index contributed by atoms with van der Waals surface area (Å²) in [7, 11) is 0. The predicted molar refractivity (Wildman–Crippen MR) is 101 cm³/mol. The number of esters is 1. The summed E-state index contributed by atoms with van der Waals surface area (Å²) >= 11 is 5.81. The summed E-state index contributed by atoms with van der Waals surface area (Å²) in [5.74, 6) is -0.838. The van der Waals surface area contributed by atoms with Gasteiger partial charge in [-0.25, -0.2) is 4.79 Å². The Balaban J connectivity index is 1.93. The topological polar surface area (TPSA) is 46.6 Å². The van der Waals surface area contributed by atoms with Gasteiger partial charge in [-0.2, -0.15) is 0 Å². The number of nitrogens with zero attached hydrogens (tertiary/aromatic N) is 1. The smallest absolute Gasteiger partial charge is 0.331 e. The molecule has 25 heavy (non-hydrogen) atoms. The predicted octanol–water partition coefficient (Wildman–Crippen LogP) is 4.34. The third-order valence-electron chi connectivity index (χ3n) is 3.44. The van der Waals surface area contributed by atoms with Crippen molar-refractivity contribution in [3.63, 3.8) is 0 Å². The Morgan fingerprint density at radius 3 is 2.32 bits per heavy atom. The second kappa shape index (κ2) is 9.04. The summed E-state index contributed by atoms with van der Waals surface area (Å²) in [5, 5.41) is 0.625. The van der Waals surface area contributed by atoms with E-state index in [0.29, 0.717) is 5.02 Å². The molecule has 0 fully saturated rings. The molecule has 0 aliphatic carbocycles. The maximum Gasteiger partial charge on any atom is 0.331 e. The van der Waals surface area contributed by atoms with Crippen molar-refractivity contribution in [3.05, 3.63) is 71.3 Å². The Morgan fingerprint density at radius 1 is 1.08 bits per heavy atom. The molecule has 0 aliphatic rings. The second-order valence-corrected chi connectivity index (χ2v) is 6.12. The van der Waals surface area contributed by atoms with Crippen LogP contribution >= 0.6 is 11.6 Å². The Labute approximate surface area is 152 Å². The fourth-order valence-electron chi connectivity index (χ4n) is 2.31. The number of anilines is 1. The normalized spacial score (nSPS) is 10.9. The number of amides is 1. The zero-order chi connectivity index (χ0) is 18.2. The van der Waals surface area contributed by atoms with Crippen LogP contribution in [0.1, 0.15) is 19.4 Å². The quantitative estimate of drug-likeness (QED) is 0.570. The lowest BCUT2D eigenvalue weighted by molar-refractivity contribution is -0.143. The van der Waals surface area contributed by atoms with Gasteiger partial charge in [0.1, 0.15) is 0 Å². The highest BCUT2D eigenvalue weighted by molar-refractivity contribution is 6.30. The van der Waals surface area contributed by atoms with E-state index in [1.54, 1.807) is 35.2 Å². The summed E-state index contributed by atoms with van der Waals surface area (Å²) in [6.45, 7) is 3.51. The van der Waals surface area contributed by atoms with Crippen LogP contribution in [0.25, 0.3) is 6.08 Å². The highest BCUT2D eigenvalue weighted by atomic mass is 35.5. The Kier molecular flexibility index (Phi) is 6.78. The van der Waals surface area contributed by atoms with Gasteiger partial charge in [0.15, 0.2) is 6.61 Å². The van der Waals surface area contributed by atoms with Gasteiger partial charge in [0, 0.05) is 22.8 Å². The largest absolute Gasteiger partial charge is 0.452 e.